The van der Waals surface area contributed by atoms with E-state index in [-0.39, 0.29) is 0 Å². The zero-order chi connectivity index (χ0) is 10.5. The molecule has 0 heterocycles. The highest BCUT2D eigenvalue weighted by Crippen LogP contribution is 2.25. The second-order valence-corrected chi connectivity index (χ2v) is 4.02. The van der Waals surface area contributed by atoms with Crippen molar-refractivity contribution in [1.29, 1.82) is 0 Å². The lowest BCUT2D eigenvalue weighted by molar-refractivity contribution is 0.154. The van der Waals surface area contributed by atoms with Crippen LogP contribution in [-0.2, 0) is 0 Å². The molecule has 0 spiro atoms. The smallest absolute Gasteiger partial charge is 0.135 e. The van der Waals surface area contributed by atoms with Crippen LogP contribution >= 0.6 is 0 Å². The second kappa shape index (κ2) is 4.89. The topological polar surface area (TPSA) is 9.23 Å². The molecular formula is C14H16O. The van der Waals surface area contributed by atoms with Crippen molar-refractivity contribution in [1.82, 2.24) is 0 Å². The lowest BCUT2D eigenvalue weighted by Gasteiger charge is -2.23. The van der Waals surface area contributed by atoms with Crippen molar-refractivity contribution < 1.29 is 4.74 Å². The minimum Gasteiger partial charge on any atom is -0.489 e. The molecule has 1 heteroatoms. The van der Waals surface area contributed by atoms with Crippen LogP contribution in [0.2, 0.25) is 0 Å². The fraction of sp³-hybridized carbons (Fsp3) is 0.429. The van der Waals surface area contributed by atoms with E-state index in [0.29, 0.717) is 6.10 Å². The van der Waals surface area contributed by atoms with Crippen molar-refractivity contribution in [3.8, 4) is 18.1 Å². The molecule has 0 unspecified atom stereocenters. The molecular weight excluding hydrogens is 184 g/mol. The quantitative estimate of drug-likeness (QED) is 0.665. The van der Waals surface area contributed by atoms with Crippen molar-refractivity contribution in [3.63, 3.8) is 0 Å². The summed E-state index contributed by atoms with van der Waals surface area (Å²) < 4.78 is 5.93. The van der Waals surface area contributed by atoms with Crippen molar-refractivity contribution in [2.24, 2.45) is 0 Å². The van der Waals surface area contributed by atoms with E-state index in [2.05, 4.69) is 5.92 Å². The summed E-state index contributed by atoms with van der Waals surface area (Å²) in [6.07, 6.45) is 12.0. The van der Waals surface area contributed by atoms with Gasteiger partial charge in [-0.1, -0.05) is 24.5 Å². The first kappa shape index (κ1) is 10.1. The van der Waals surface area contributed by atoms with Gasteiger partial charge >= 0.3 is 0 Å². The lowest BCUT2D eigenvalue weighted by Crippen LogP contribution is -2.19. The van der Waals surface area contributed by atoms with E-state index in [4.69, 9.17) is 11.2 Å². The number of hydrogen-bond acceptors (Lipinski definition) is 1. The summed E-state index contributed by atoms with van der Waals surface area (Å²) >= 11 is 0. The van der Waals surface area contributed by atoms with Crippen LogP contribution in [0.1, 0.15) is 37.7 Å². The highest BCUT2D eigenvalue weighted by Gasteiger charge is 2.15. The Bertz CT molecular complexity index is 356. The van der Waals surface area contributed by atoms with Crippen LogP contribution in [0.5, 0.6) is 5.75 Å². The Morgan fingerprint density at radius 1 is 1.13 bits per heavy atom. The molecule has 0 aromatic heterocycles. The fourth-order valence-corrected chi connectivity index (χ4v) is 2.05. The molecule has 1 aromatic carbocycles. The van der Waals surface area contributed by atoms with Crippen molar-refractivity contribution in [3.05, 3.63) is 29.8 Å². The molecule has 0 N–H and O–H groups in total. The number of para-hydroxylation sites is 1. The van der Waals surface area contributed by atoms with Gasteiger partial charge in [-0.2, -0.15) is 0 Å². The van der Waals surface area contributed by atoms with Gasteiger partial charge in [0, 0.05) is 0 Å². The average molecular weight is 200 g/mol. The molecule has 0 bridgehead atoms. The molecule has 15 heavy (non-hydrogen) atoms. The number of ether oxygens (including phenoxy) is 1. The highest BCUT2D eigenvalue weighted by molar-refractivity contribution is 5.44. The van der Waals surface area contributed by atoms with E-state index >= 15 is 0 Å². The molecule has 0 saturated heterocycles. The average Bonchev–Trinajstić information content (AvgIpc) is 2.31. The summed E-state index contributed by atoms with van der Waals surface area (Å²) in [6.45, 7) is 0. The zero-order valence-corrected chi connectivity index (χ0v) is 8.91. The first-order chi connectivity index (χ1) is 7.40. The molecule has 0 radical (unpaired) electrons. The third-order valence-electron chi connectivity index (χ3n) is 2.89. The summed E-state index contributed by atoms with van der Waals surface area (Å²) in [7, 11) is 0. The Hall–Kier alpha value is -1.42. The molecule has 1 nitrogen and oxygen atoms in total. The maximum atomic E-state index is 5.93. The van der Waals surface area contributed by atoms with Gasteiger partial charge in [0.2, 0.25) is 0 Å². The van der Waals surface area contributed by atoms with E-state index in [0.717, 1.165) is 11.3 Å². The normalized spacial score (nSPS) is 17.0. The minimum absolute atomic E-state index is 0.369. The second-order valence-electron chi connectivity index (χ2n) is 4.02. The molecule has 1 fully saturated rings. The molecule has 2 rings (SSSR count). The van der Waals surface area contributed by atoms with Crippen LogP contribution in [0.3, 0.4) is 0 Å². The van der Waals surface area contributed by atoms with Crippen LogP contribution in [0.4, 0.5) is 0 Å². The lowest BCUT2D eigenvalue weighted by atomic mass is 9.98. The zero-order valence-electron chi connectivity index (χ0n) is 8.91. The Kier molecular flexibility index (Phi) is 3.29. The maximum Gasteiger partial charge on any atom is 0.135 e. The molecule has 1 aliphatic carbocycles. The minimum atomic E-state index is 0.369. The monoisotopic (exact) mass is 200 g/mol. The first-order valence-electron chi connectivity index (χ1n) is 5.62. The van der Waals surface area contributed by atoms with Crippen LogP contribution in [0.15, 0.2) is 24.3 Å². The Labute approximate surface area is 91.5 Å². The van der Waals surface area contributed by atoms with Gasteiger partial charge < -0.3 is 4.74 Å². The Morgan fingerprint density at radius 2 is 1.87 bits per heavy atom. The van der Waals surface area contributed by atoms with Crippen LogP contribution in [0.25, 0.3) is 0 Å². The van der Waals surface area contributed by atoms with Crippen LogP contribution < -0.4 is 4.74 Å². The van der Waals surface area contributed by atoms with Crippen molar-refractivity contribution in [2.45, 2.75) is 38.2 Å². The molecule has 0 aliphatic heterocycles. The van der Waals surface area contributed by atoms with Gasteiger partial charge in [0.25, 0.3) is 0 Å². The molecule has 0 amide bonds. The summed E-state index contributed by atoms with van der Waals surface area (Å²) in [5.74, 6) is 3.53. The molecule has 1 saturated carbocycles. The number of benzene rings is 1. The van der Waals surface area contributed by atoms with E-state index in [1.165, 1.54) is 32.1 Å². The standard InChI is InChI=1S/C14H16O/c1-2-12-8-6-7-11-14(12)15-13-9-4-3-5-10-13/h1,6-8,11,13H,3-5,9-10H2. The SMILES string of the molecule is C#Cc1ccccc1OC1CCCCC1. The summed E-state index contributed by atoms with van der Waals surface area (Å²) in [4.78, 5) is 0. The number of rotatable bonds is 2. The summed E-state index contributed by atoms with van der Waals surface area (Å²) in [5, 5.41) is 0. The van der Waals surface area contributed by atoms with Gasteiger partial charge in [-0.15, -0.1) is 6.42 Å². The van der Waals surface area contributed by atoms with E-state index < -0.39 is 0 Å². The Morgan fingerprint density at radius 3 is 2.60 bits per heavy atom. The molecule has 1 aromatic rings. The highest BCUT2D eigenvalue weighted by atomic mass is 16.5. The van der Waals surface area contributed by atoms with E-state index in [9.17, 15) is 0 Å². The number of hydrogen-bond donors (Lipinski definition) is 0. The van der Waals surface area contributed by atoms with E-state index in [1.54, 1.807) is 0 Å². The fourth-order valence-electron chi connectivity index (χ4n) is 2.05. The number of terminal acetylenes is 1. The largest absolute Gasteiger partial charge is 0.489 e. The van der Waals surface area contributed by atoms with Crippen molar-refractivity contribution in [2.75, 3.05) is 0 Å². The van der Waals surface area contributed by atoms with Gasteiger partial charge in [-0.3, -0.25) is 0 Å². The van der Waals surface area contributed by atoms with Gasteiger partial charge in [0.1, 0.15) is 5.75 Å². The Balaban J connectivity index is 2.06. The predicted octanol–water partition coefficient (Wildman–Crippen LogP) is 3.38. The summed E-state index contributed by atoms with van der Waals surface area (Å²) in [5.41, 5.74) is 0.864. The van der Waals surface area contributed by atoms with Crippen LogP contribution in [-0.4, -0.2) is 6.10 Å². The molecule has 78 valence electrons. The predicted molar refractivity (Wildman–Crippen MR) is 61.9 cm³/mol. The third kappa shape index (κ3) is 2.53. The summed E-state index contributed by atoms with van der Waals surface area (Å²) in [6, 6.07) is 7.81. The van der Waals surface area contributed by atoms with Crippen LogP contribution in [0, 0.1) is 12.3 Å². The van der Waals surface area contributed by atoms with Crippen molar-refractivity contribution >= 4 is 0 Å². The molecule has 1 aliphatic rings. The molecule has 0 atom stereocenters. The van der Waals surface area contributed by atoms with Gasteiger partial charge in [0.15, 0.2) is 0 Å². The van der Waals surface area contributed by atoms with E-state index in [1.807, 2.05) is 24.3 Å². The van der Waals surface area contributed by atoms with Gasteiger partial charge in [-0.25, -0.2) is 0 Å². The first-order valence-corrected chi connectivity index (χ1v) is 5.62. The third-order valence-corrected chi connectivity index (χ3v) is 2.89. The van der Waals surface area contributed by atoms with Gasteiger partial charge in [0.05, 0.1) is 11.7 Å². The maximum absolute atomic E-state index is 5.93. The van der Waals surface area contributed by atoms with Gasteiger partial charge in [-0.05, 0) is 37.8 Å².